The molecule has 0 saturated carbocycles. The van der Waals surface area contributed by atoms with Gasteiger partial charge < -0.3 is 14.5 Å². The maximum Gasteiger partial charge on any atom is 0.119 e. The number of methoxy groups -OCH3 is 1. The Balaban J connectivity index is 2.16. The minimum atomic E-state index is 0.266. The molecule has 1 atom stereocenters. The molecule has 0 bridgehead atoms. The molecule has 0 saturated heterocycles. The summed E-state index contributed by atoms with van der Waals surface area (Å²) in [5, 5.41) is 3.31. The van der Waals surface area contributed by atoms with Crippen LogP contribution in [0.5, 0.6) is 5.75 Å². The molecule has 90 valence electrons. The number of rotatable bonds is 5. The first-order valence-electron chi connectivity index (χ1n) is 5.65. The smallest absolute Gasteiger partial charge is 0.119 e. The van der Waals surface area contributed by atoms with Crippen LogP contribution in [-0.4, -0.2) is 14.2 Å². The lowest BCUT2D eigenvalue weighted by Gasteiger charge is -2.16. The van der Waals surface area contributed by atoms with Crippen molar-refractivity contribution in [1.82, 2.24) is 5.32 Å². The van der Waals surface area contributed by atoms with E-state index in [4.69, 9.17) is 9.15 Å². The summed E-state index contributed by atoms with van der Waals surface area (Å²) in [4.78, 5) is 0. The molecule has 2 aromatic rings. The summed E-state index contributed by atoms with van der Waals surface area (Å²) < 4.78 is 10.3. The van der Waals surface area contributed by atoms with Gasteiger partial charge in [-0.1, -0.05) is 12.1 Å². The molecule has 0 radical (unpaired) electrons. The van der Waals surface area contributed by atoms with Crippen LogP contribution in [0.2, 0.25) is 0 Å². The van der Waals surface area contributed by atoms with Crippen molar-refractivity contribution in [2.45, 2.75) is 12.5 Å². The third-order valence-corrected chi connectivity index (χ3v) is 2.86. The zero-order valence-corrected chi connectivity index (χ0v) is 10.1. The van der Waals surface area contributed by atoms with Crippen molar-refractivity contribution < 1.29 is 9.15 Å². The molecule has 17 heavy (non-hydrogen) atoms. The van der Waals surface area contributed by atoms with Gasteiger partial charge in [-0.05, 0) is 42.8 Å². The lowest BCUT2D eigenvalue weighted by molar-refractivity contribution is 0.413. The zero-order chi connectivity index (χ0) is 12.1. The summed E-state index contributed by atoms with van der Waals surface area (Å²) >= 11 is 0. The fraction of sp³-hybridized carbons (Fsp3) is 0.286. The van der Waals surface area contributed by atoms with E-state index in [1.807, 2.05) is 25.2 Å². The van der Waals surface area contributed by atoms with Crippen LogP contribution >= 0.6 is 0 Å². The predicted molar refractivity (Wildman–Crippen MR) is 67.2 cm³/mol. The second-order valence-electron chi connectivity index (χ2n) is 3.95. The molecule has 0 aliphatic carbocycles. The van der Waals surface area contributed by atoms with Gasteiger partial charge >= 0.3 is 0 Å². The summed E-state index contributed by atoms with van der Waals surface area (Å²) in [6.07, 6.45) is 4.39. The Kier molecular flexibility index (Phi) is 3.83. The normalized spacial score (nSPS) is 12.4. The van der Waals surface area contributed by atoms with E-state index < -0.39 is 0 Å². The molecule has 0 fully saturated rings. The monoisotopic (exact) mass is 231 g/mol. The third kappa shape index (κ3) is 2.88. The molecular weight excluding hydrogens is 214 g/mol. The molecule has 0 amide bonds. The van der Waals surface area contributed by atoms with E-state index in [0.29, 0.717) is 0 Å². The number of furan rings is 1. The van der Waals surface area contributed by atoms with Crippen LogP contribution in [0.15, 0.2) is 47.3 Å². The van der Waals surface area contributed by atoms with Crippen LogP contribution in [0.1, 0.15) is 17.2 Å². The Bertz CT molecular complexity index is 451. The molecule has 3 heteroatoms. The van der Waals surface area contributed by atoms with Crippen LogP contribution in [0.3, 0.4) is 0 Å². The highest BCUT2D eigenvalue weighted by atomic mass is 16.5. The van der Waals surface area contributed by atoms with E-state index in [-0.39, 0.29) is 6.04 Å². The maximum atomic E-state index is 5.24. The first-order valence-corrected chi connectivity index (χ1v) is 5.65. The minimum Gasteiger partial charge on any atom is -0.497 e. The number of likely N-dealkylation sites (N-methyl/N-ethyl adjacent to an activating group) is 1. The topological polar surface area (TPSA) is 34.4 Å². The van der Waals surface area contributed by atoms with Crippen molar-refractivity contribution in [2.75, 3.05) is 14.2 Å². The Morgan fingerprint density at radius 2 is 2.24 bits per heavy atom. The molecule has 2 rings (SSSR count). The van der Waals surface area contributed by atoms with Gasteiger partial charge in [-0.25, -0.2) is 0 Å². The van der Waals surface area contributed by atoms with Crippen LogP contribution in [0.25, 0.3) is 0 Å². The largest absolute Gasteiger partial charge is 0.497 e. The molecule has 1 heterocycles. The van der Waals surface area contributed by atoms with E-state index in [1.54, 1.807) is 19.6 Å². The number of nitrogens with one attached hydrogen (secondary N) is 1. The van der Waals surface area contributed by atoms with Gasteiger partial charge in [0.25, 0.3) is 0 Å². The number of hydrogen-bond donors (Lipinski definition) is 1. The summed E-state index contributed by atoms with van der Waals surface area (Å²) in [5.41, 5.74) is 2.40. The Morgan fingerprint density at radius 3 is 2.88 bits per heavy atom. The molecule has 1 aromatic heterocycles. The van der Waals surface area contributed by atoms with Crippen molar-refractivity contribution in [3.05, 3.63) is 54.0 Å². The van der Waals surface area contributed by atoms with Gasteiger partial charge in [0.05, 0.1) is 19.6 Å². The second kappa shape index (κ2) is 5.55. The highest BCUT2D eigenvalue weighted by molar-refractivity contribution is 5.31. The van der Waals surface area contributed by atoms with E-state index in [2.05, 4.69) is 17.4 Å². The molecule has 1 unspecified atom stereocenters. The number of ether oxygens (including phenoxy) is 1. The van der Waals surface area contributed by atoms with Gasteiger partial charge in [0, 0.05) is 6.04 Å². The van der Waals surface area contributed by atoms with Crippen molar-refractivity contribution in [2.24, 2.45) is 0 Å². The molecule has 0 spiro atoms. The quantitative estimate of drug-likeness (QED) is 0.859. The van der Waals surface area contributed by atoms with Crippen LogP contribution < -0.4 is 10.1 Å². The van der Waals surface area contributed by atoms with E-state index in [9.17, 15) is 0 Å². The molecule has 1 aromatic carbocycles. The summed E-state index contributed by atoms with van der Waals surface area (Å²) in [6, 6.07) is 10.4. The molecule has 0 aliphatic rings. The average molecular weight is 231 g/mol. The van der Waals surface area contributed by atoms with Gasteiger partial charge in [-0.3, -0.25) is 0 Å². The van der Waals surface area contributed by atoms with Crippen molar-refractivity contribution in [1.29, 1.82) is 0 Å². The first-order chi connectivity index (χ1) is 8.33. The Labute approximate surface area is 101 Å². The van der Waals surface area contributed by atoms with Gasteiger partial charge in [-0.15, -0.1) is 0 Å². The van der Waals surface area contributed by atoms with Crippen LogP contribution in [0, 0.1) is 0 Å². The highest BCUT2D eigenvalue weighted by Gasteiger charge is 2.11. The van der Waals surface area contributed by atoms with Crippen molar-refractivity contribution >= 4 is 0 Å². The predicted octanol–water partition coefficient (Wildman–Crippen LogP) is 2.79. The zero-order valence-electron chi connectivity index (χ0n) is 10.1. The lowest BCUT2D eigenvalue weighted by Crippen LogP contribution is -2.18. The Hall–Kier alpha value is -1.74. The van der Waals surface area contributed by atoms with Crippen LogP contribution in [0.4, 0.5) is 0 Å². The van der Waals surface area contributed by atoms with Gasteiger partial charge in [0.1, 0.15) is 5.75 Å². The average Bonchev–Trinajstić information content (AvgIpc) is 2.89. The number of benzene rings is 1. The summed E-state index contributed by atoms with van der Waals surface area (Å²) in [7, 11) is 3.65. The summed E-state index contributed by atoms with van der Waals surface area (Å²) in [5.74, 6) is 0.884. The van der Waals surface area contributed by atoms with E-state index in [1.165, 1.54) is 11.1 Å². The third-order valence-electron chi connectivity index (χ3n) is 2.86. The first kappa shape index (κ1) is 11.7. The number of hydrogen-bond acceptors (Lipinski definition) is 3. The molecule has 0 aliphatic heterocycles. The fourth-order valence-corrected chi connectivity index (χ4v) is 1.89. The molecular formula is C14H17NO2. The van der Waals surface area contributed by atoms with Gasteiger partial charge in [0.2, 0.25) is 0 Å². The Morgan fingerprint density at radius 1 is 1.35 bits per heavy atom. The highest BCUT2D eigenvalue weighted by Crippen LogP contribution is 2.22. The standard InChI is InChI=1S/C14H17NO2/c1-15-14(8-11-6-7-17-10-11)12-4-3-5-13(9-12)16-2/h3-7,9-10,14-15H,8H2,1-2H3. The SMILES string of the molecule is CNC(Cc1ccoc1)c1cccc(OC)c1. The van der Waals surface area contributed by atoms with E-state index in [0.717, 1.165) is 12.2 Å². The van der Waals surface area contributed by atoms with Crippen LogP contribution in [-0.2, 0) is 6.42 Å². The van der Waals surface area contributed by atoms with Crippen molar-refractivity contribution in [3.63, 3.8) is 0 Å². The maximum absolute atomic E-state index is 5.24. The fourth-order valence-electron chi connectivity index (χ4n) is 1.89. The van der Waals surface area contributed by atoms with Gasteiger partial charge in [-0.2, -0.15) is 0 Å². The molecule has 1 N–H and O–H groups in total. The molecule has 3 nitrogen and oxygen atoms in total. The van der Waals surface area contributed by atoms with Crippen molar-refractivity contribution in [3.8, 4) is 5.75 Å². The summed E-state index contributed by atoms with van der Waals surface area (Å²) in [6.45, 7) is 0. The minimum absolute atomic E-state index is 0.266. The van der Waals surface area contributed by atoms with Gasteiger partial charge in [0.15, 0.2) is 0 Å². The second-order valence-corrected chi connectivity index (χ2v) is 3.95. The lowest BCUT2D eigenvalue weighted by atomic mass is 10.0. The van der Waals surface area contributed by atoms with E-state index >= 15 is 0 Å².